The highest BCUT2D eigenvalue weighted by Gasteiger charge is 2.31. The van der Waals surface area contributed by atoms with Gasteiger partial charge in [-0.15, -0.1) is 0 Å². The van der Waals surface area contributed by atoms with Crippen molar-refractivity contribution in [1.82, 2.24) is 0 Å². The van der Waals surface area contributed by atoms with Crippen LogP contribution in [-0.2, 0) is 23.7 Å². The van der Waals surface area contributed by atoms with Gasteiger partial charge < -0.3 is 5.11 Å². The Balaban J connectivity index is 0.00000400. The summed E-state index contributed by atoms with van der Waals surface area (Å²) in [7, 11) is 0. The van der Waals surface area contributed by atoms with Crippen LogP contribution in [0.2, 0.25) is 0 Å². The van der Waals surface area contributed by atoms with Crippen LogP contribution in [0.15, 0.2) is 0 Å². The van der Waals surface area contributed by atoms with Crippen LogP contribution < -0.4 is 0 Å². The average molecular weight is 303 g/mol. The molecule has 3 radical (unpaired) electrons. The fraction of sp³-hybridized carbons (Fsp3) is 0.684. The third-order valence-electron chi connectivity index (χ3n) is 4.19. The number of phenolic OH excluding ortho intramolecular Hbond substituents is 1. The van der Waals surface area contributed by atoms with Gasteiger partial charge in [-0.3, -0.25) is 0 Å². The Morgan fingerprint density at radius 3 is 1.24 bits per heavy atom. The summed E-state index contributed by atoms with van der Waals surface area (Å²) in [4.78, 5) is 0. The van der Waals surface area contributed by atoms with E-state index in [0.29, 0.717) is 5.75 Å². The topological polar surface area (TPSA) is 20.2 Å². The molecule has 1 aromatic carbocycles. The second-order valence-electron chi connectivity index (χ2n) is 7.89. The van der Waals surface area contributed by atoms with E-state index in [0.717, 1.165) is 24.0 Å². The summed E-state index contributed by atoms with van der Waals surface area (Å²) in [5.41, 5.74) is 6.25. The van der Waals surface area contributed by atoms with Crippen molar-refractivity contribution >= 4 is 17.4 Å². The van der Waals surface area contributed by atoms with Gasteiger partial charge >= 0.3 is 0 Å². The molecule has 0 heterocycles. The first kappa shape index (κ1) is 20.6. The van der Waals surface area contributed by atoms with Crippen LogP contribution >= 0.6 is 0 Å². The largest absolute Gasteiger partial charge is 0.507 e. The van der Waals surface area contributed by atoms with Gasteiger partial charge in [0.15, 0.2) is 0 Å². The van der Waals surface area contributed by atoms with E-state index in [9.17, 15) is 5.11 Å². The molecule has 0 bridgehead atoms. The van der Waals surface area contributed by atoms with Gasteiger partial charge in [-0.1, -0.05) is 55.4 Å². The minimum Gasteiger partial charge on any atom is -0.507 e. The molecule has 0 saturated heterocycles. The maximum absolute atomic E-state index is 11.0. The van der Waals surface area contributed by atoms with Gasteiger partial charge in [0.25, 0.3) is 0 Å². The number of hydrogen-bond donors (Lipinski definition) is 1. The van der Waals surface area contributed by atoms with E-state index >= 15 is 0 Å². The van der Waals surface area contributed by atoms with Gasteiger partial charge in [-0.25, -0.2) is 0 Å². The first-order valence-electron chi connectivity index (χ1n) is 7.84. The fourth-order valence-electron chi connectivity index (χ4n) is 3.47. The van der Waals surface area contributed by atoms with Crippen LogP contribution in [0.25, 0.3) is 0 Å². The summed E-state index contributed by atoms with van der Waals surface area (Å²) in [6.07, 6.45) is 1.95. The van der Waals surface area contributed by atoms with Crippen molar-refractivity contribution in [3.63, 3.8) is 0 Å². The van der Waals surface area contributed by atoms with Crippen molar-refractivity contribution in [2.24, 2.45) is 0 Å². The number of aromatic hydroxyl groups is 1. The molecule has 0 aliphatic heterocycles. The molecule has 1 N–H and O–H groups in total. The molecule has 0 aromatic heterocycles. The van der Waals surface area contributed by atoms with E-state index in [2.05, 4.69) is 62.3 Å². The SMILES string of the molecule is CCc1c(C)c(CC)c(C(C)(C)C)c(O)c1C(C)(C)C.[Al]. The number of rotatable bonds is 2. The standard InChI is InChI=1S/C19H32O.Al/c1-10-13-12(3)14(11-2)16(19(7,8)9)17(20)15(13)18(4,5)6;/h20H,10-11H2,1-9H3;. The van der Waals surface area contributed by atoms with Gasteiger partial charge in [-0.2, -0.15) is 0 Å². The zero-order valence-corrected chi connectivity index (χ0v) is 16.6. The van der Waals surface area contributed by atoms with Crippen molar-refractivity contribution in [3.8, 4) is 5.75 Å². The highest BCUT2D eigenvalue weighted by molar-refractivity contribution is 5.75. The Labute approximate surface area is 142 Å². The molecule has 1 rings (SSSR count). The third kappa shape index (κ3) is 3.85. The minimum absolute atomic E-state index is 0. The molecule has 0 saturated carbocycles. The van der Waals surface area contributed by atoms with Crippen LogP contribution in [0.4, 0.5) is 0 Å². The number of phenols is 1. The molecule has 2 heteroatoms. The molecule has 0 amide bonds. The van der Waals surface area contributed by atoms with Crippen LogP contribution in [0.3, 0.4) is 0 Å². The molecular weight excluding hydrogens is 271 g/mol. The van der Waals surface area contributed by atoms with Crippen LogP contribution in [0.5, 0.6) is 5.75 Å². The maximum atomic E-state index is 11.0. The fourth-order valence-corrected chi connectivity index (χ4v) is 3.47. The van der Waals surface area contributed by atoms with Gasteiger partial charge in [0.05, 0.1) is 0 Å². The minimum atomic E-state index is -0.0353. The second-order valence-corrected chi connectivity index (χ2v) is 7.89. The molecule has 0 unspecified atom stereocenters. The smallest absolute Gasteiger partial charge is 0.123 e. The first-order chi connectivity index (χ1) is 8.96. The van der Waals surface area contributed by atoms with Crippen molar-refractivity contribution < 1.29 is 5.11 Å². The normalized spacial score (nSPS) is 12.2. The maximum Gasteiger partial charge on any atom is 0.123 e. The van der Waals surface area contributed by atoms with E-state index in [4.69, 9.17) is 0 Å². The van der Waals surface area contributed by atoms with E-state index < -0.39 is 0 Å². The summed E-state index contributed by atoms with van der Waals surface area (Å²) in [5, 5.41) is 11.0. The summed E-state index contributed by atoms with van der Waals surface area (Å²) in [6, 6.07) is 0. The summed E-state index contributed by atoms with van der Waals surface area (Å²) in [5.74, 6) is 0.532. The molecule has 21 heavy (non-hydrogen) atoms. The average Bonchev–Trinajstić information content (AvgIpc) is 2.27. The molecule has 0 spiro atoms. The summed E-state index contributed by atoms with van der Waals surface area (Å²) < 4.78 is 0. The van der Waals surface area contributed by atoms with Gasteiger partial charge in [0, 0.05) is 28.5 Å². The zero-order chi connectivity index (χ0) is 15.9. The summed E-state index contributed by atoms with van der Waals surface area (Å²) in [6.45, 7) is 19.8. The highest BCUT2D eigenvalue weighted by atomic mass is 27.0. The van der Waals surface area contributed by atoms with Crippen molar-refractivity contribution in [2.75, 3.05) is 0 Å². The molecule has 0 aliphatic carbocycles. The second kappa shape index (κ2) is 6.76. The lowest BCUT2D eigenvalue weighted by Gasteiger charge is -2.33. The Morgan fingerprint density at radius 2 is 1.05 bits per heavy atom. The lowest BCUT2D eigenvalue weighted by atomic mass is 9.72. The molecule has 0 atom stereocenters. The molecule has 0 aliphatic rings. The monoisotopic (exact) mass is 303 g/mol. The highest BCUT2D eigenvalue weighted by Crippen LogP contribution is 2.45. The van der Waals surface area contributed by atoms with Crippen LogP contribution in [0, 0.1) is 6.92 Å². The Kier molecular flexibility index (Phi) is 6.62. The number of hydrogen-bond acceptors (Lipinski definition) is 1. The third-order valence-corrected chi connectivity index (χ3v) is 4.19. The Bertz CT molecular complexity index is 459. The van der Waals surface area contributed by atoms with Crippen LogP contribution in [0.1, 0.15) is 83.2 Å². The Morgan fingerprint density at radius 1 is 0.762 bits per heavy atom. The Hall–Kier alpha value is -0.448. The van der Waals surface area contributed by atoms with Crippen molar-refractivity contribution in [3.05, 3.63) is 27.8 Å². The molecule has 1 aromatic rings. The van der Waals surface area contributed by atoms with E-state index in [1.807, 2.05) is 0 Å². The molecule has 1 nitrogen and oxygen atoms in total. The first-order valence-corrected chi connectivity index (χ1v) is 7.84. The van der Waals surface area contributed by atoms with Crippen molar-refractivity contribution in [1.29, 1.82) is 0 Å². The van der Waals surface area contributed by atoms with Crippen molar-refractivity contribution in [2.45, 2.75) is 86.0 Å². The zero-order valence-electron chi connectivity index (χ0n) is 15.4. The lowest BCUT2D eigenvalue weighted by Crippen LogP contribution is -2.22. The predicted molar refractivity (Wildman–Crippen MR) is 94.8 cm³/mol. The van der Waals surface area contributed by atoms with E-state index in [-0.39, 0.29) is 28.2 Å². The quantitative estimate of drug-likeness (QED) is 0.759. The van der Waals surface area contributed by atoms with E-state index in [1.54, 1.807) is 0 Å². The molecule has 117 valence electrons. The molecule has 0 fully saturated rings. The summed E-state index contributed by atoms with van der Waals surface area (Å²) >= 11 is 0. The van der Waals surface area contributed by atoms with Gasteiger partial charge in [-0.05, 0) is 47.3 Å². The van der Waals surface area contributed by atoms with Gasteiger partial charge in [0.1, 0.15) is 5.75 Å². The number of benzene rings is 1. The van der Waals surface area contributed by atoms with Gasteiger partial charge in [0.2, 0.25) is 0 Å². The lowest BCUT2D eigenvalue weighted by molar-refractivity contribution is 0.418. The van der Waals surface area contributed by atoms with Crippen LogP contribution in [-0.4, -0.2) is 22.5 Å². The molecular formula is C19H32AlO. The predicted octanol–water partition coefficient (Wildman–Crippen LogP) is 5.04. The van der Waals surface area contributed by atoms with E-state index in [1.165, 1.54) is 16.7 Å².